The summed E-state index contributed by atoms with van der Waals surface area (Å²) in [7, 11) is -5.87. The lowest BCUT2D eigenvalue weighted by atomic mass is 10.8. The normalized spacial score (nSPS) is 12.2. The lowest BCUT2D eigenvalue weighted by Gasteiger charge is -1.79. The largest absolute Gasteiger partial charge is 0.706 e. The van der Waals surface area contributed by atoms with Crippen LogP contribution in [0.15, 0.2) is 0 Å². The van der Waals surface area contributed by atoms with Crippen molar-refractivity contribution in [2.45, 2.75) is 0 Å². The molecule has 2 atom stereocenters. The summed E-state index contributed by atoms with van der Waals surface area (Å²) in [6.07, 6.45) is 9.48. The summed E-state index contributed by atoms with van der Waals surface area (Å²) in [6.45, 7) is 0. The highest BCUT2D eigenvalue weighted by Gasteiger charge is 2.31. The molecule has 0 fully saturated rings. The Bertz CT molecular complexity index is 331. The Hall–Kier alpha value is -0.660. The van der Waals surface area contributed by atoms with E-state index in [0.717, 1.165) is 0 Å². The van der Waals surface area contributed by atoms with Crippen LogP contribution in [-0.2, 0) is 22.7 Å². The Morgan fingerprint density at radius 2 is 1.25 bits per heavy atom. The third kappa shape index (κ3) is 8.63. The molecule has 0 N–H and O–H groups in total. The van der Waals surface area contributed by atoms with E-state index in [0.29, 0.717) is 0 Å². The molecule has 0 aromatic heterocycles. The fourth-order valence-corrected chi connectivity index (χ4v) is 3.00. The highest BCUT2D eigenvalue weighted by molar-refractivity contribution is 7.46. The lowest BCUT2D eigenvalue weighted by Crippen LogP contribution is -1.87. The third-order valence-corrected chi connectivity index (χ3v) is 4.14. The van der Waals surface area contributed by atoms with Gasteiger partial charge in [-0.1, -0.05) is 30.0 Å². The SMILES string of the molecule is C#CC[P+](=O)CO[P+](=O)OC[P+](=O)CC#C. The number of terminal acetylenes is 2. The van der Waals surface area contributed by atoms with Crippen molar-refractivity contribution in [2.75, 3.05) is 25.0 Å². The van der Waals surface area contributed by atoms with Crippen molar-refractivity contribution in [1.29, 1.82) is 0 Å². The molecule has 5 nitrogen and oxygen atoms in total. The van der Waals surface area contributed by atoms with Crippen LogP contribution in [0.1, 0.15) is 0 Å². The third-order valence-electron chi connectivity index (χ3n) is 1.15. The standard InChI is InChI=1S/C8H10O5P3/c1-3-5-14(9)7-12-16(11)13-8-15(10)6-4-2/h1-2H,5-8H2/q+3. The summed E-state index contributed by atoms with van der Waals surface area (Å²) in [5, 5.41) is 0. The summed E-state index contributed by atoms with van der Waals surface area (Å²) < 4.78 is 42.2. The molecule has 8 heteroatoms. The second-order valence-corrected chi connectivity index (χ2v) is 6.47. The molecule has 0 spiro atoms. The molecule has 2 unspecified atom stereocenters. The zero-order valence-electron chi connectivity index (χ0n) is 8.37. The van der Waals surface area contributed by atoms with Crippen LogP contribution in [0, 0.1) is 24.7 Å². The molecule has 0 amide bonds. The van der Waals surface area contributed by atoms with Crippen LogP contribution in [0.5, 0.6) is 0 Å². The first kappa shape index (κ1) is 15.3. The molecule has 0 saturated heterocycles. The highest BCUT2D eigenvalue weighted by Crippen LogP contribution is 2.33. The van der Waals surface area contributed by atoms with E-state index in [1.807, 2.05) is 0 Å². The van der Waals surface area contributed by atoms with Gasteiger partial charge in [-0.15, -0.1) is 12.8 Å². The molecule has 0 aliphatic rings. The second kappa shape index (κ2) is 9.56. The van der Waals surface area contributed by atoms with Gasteiger partial charge in [0.1, 0.15) is 0 Å². The first-order valence-electron chi connectivity index (χ1n) is 4.04. The van der Waals surface area contributed by atoms with Crippen LogP contribution in [0.25, 0.3) is 0 Å². The predicted molar refractivity (Wildman–Crippen MR) is 62.1 cm³/mol. The van der Waals surface area contributed by atoms with Gasteiger partial charge < -0.3 is 0 Å². The van der Waals surface area contributed by atoms with E-state index < -0.39 is 23.9 Å². The van der Waals surface area contributed by atoms with E-state index in [4.69, 9.17) is 12.8 Å². The van der Waals surface area contributed by atoms with Crippen LogP contribution in [-0.4, -0.2) is 25.0 Å². The van der Waals surface area contributed by atoms with Crippen molar-refractivity contribution in [2.24, 2.45) is 0 Å². The molecule has 0 aromatic carbocycles. The molecule has 16 heavy (non-hydrogen) atoms. The average molecular weight is 279 g/mol. The fraction of sp³-hybridized carbons (Fsp3) is 0.500. The van der Waals surface area contributed by atoms with E-state index in [1.54, 1.807) is 0 Å². The van der Waals surface area contributed by atoms with E-state index in [1.165, 1.54) is 0 Å². The van der Waals surface area contributed by atoms with E-state index in [2.05, 4.69) is 20.9 Å². The molecule has 84 valence electrons. The Labute approximate surface area is 96.8 Å². The first-order valence-corrected chi connectivity index (χ1v) is 8.40. The van der Waals surface area contributed by atoms with Crippen molar-refractivity contribution >= 4 is 23.9 Å². The Morgan fingerprint density at radius 1 is 0.875 bits per heavy atom. The van der Waals surface area contributed by atoms with Crippen LogP contribution in [0.3, 0.4) is 0 Å². The molecular weight excluding hydrogens is 269 g/mol. The fourth-order valence-electron chi connectivity index (χ4n) is 0.555. The lowest BCUT2D eigenvalue weighted by molar-refractivity contribution is 0.277. The molecule has 0 aromatic rings. The monoisotopic (exact) mass is 279 g/mol. The van der Waals surface area contributed by atoms with Gasteiger partial charge in [-0.05, 0) is 0 Å². The minimum atomic E-state index is -2.42. The minimum absolute atomic E-state index is 0.0594. The number of hydrogen-bond acceptors (Lipinski definition) is 5. The Morgan fingerprint density at radius 3 is 1.56 bits per heavy atom. The minimum Gasteiger partial charge on any atom is -0.116 e. The predicted octanol–water partition coefficient (Wildman–Crippen LogP) is 2.51. The molecule has 0 aliphatic carbocycles. The van der Waals surface area contributed by atoms with Gasteiger partial charge in [0, 0.05) is 4.57 Å². The van der Waals surface area contributed by atoms with Crippen molar-refractivity contribution < 1.29 is 22.7 Å². The van der Waals surface area contributed by atoms with Gasteiger partial charge in [0.15, 0.2) is 0 Å². The molecule has 0 heterocycles. The quantitative estimate of drug-likeness (QED) is 0.504. The summed E-state index contributed by atoms with van der Waals surface area (Å²) >= 11 is 0. The maximum Gasteiger partial charge on any atom is 0.706 e. The van der Waals surface area contributed by atoms with Crippen molar-refractivity contribution in [3.8, 4) is 24.7 Å². The van der Waals surface area contributed by atoms with Crippen LogP contribution in [0.4, 0.5) is 0 Å². The summed E-state index contributed by atoms with van der Waals surface area (Å²) in [5.41, 5.74) is 0. The number of hydrogen-bond donors (Lipinski definition) is 0. The van der Waals surface area contributed by atoms with Crippen molar-refractivity contribution in [3.63, 3.8) is 0 Å². The molecule has 0 saturated carbocycles. The maximum atomic E-state index is 11.0. The van der Waals surface area contributed by atoms with E-state index in [9.17, 15) is 13.7 Å². The van der Waals surface area contributed by atoms with Gasteiger partial charge in [0.25, 0.3) is 12.7 Å². The van der Waals surface area contributed by atoms with Crippen molar-refractivity contribution in [1.82, 2.24) is 0 Å². The first-order chi connectivity index (χ1) is 7.60. The van der Waals surface area contributed by atoms with Gasteiger partial charge in [-0.3, -0.25) is 0 Å². The van der Waals surface area contributed by atoms with Gasteiger partial charge in [-0.2, -0.15) is 0 Å². The molecular formula is C8H10O5P3+3. The molecule has 0 rings (SSSR count). The Balaban J connectivity index is 3.69. The highest BCUT2D eigenvalue weighted by atomic mass is 31.1. The molecule has 0 bridgehead atoms. The van der Waals surface area contributed by atoms with Crippen LogP contribution in [0.2, 0.25) is 0 Å². The average Bonchev–Trinajstić information content (AvgIpc) is 2.24. The maximum absolute atomic E-state index is 11.0. The van der Waals surface area contributed by atoms with Gasteiger partial charge in [0.2, 0.25) is 12.3 Å². The summed E-state index contributed by atoms with van der Waals surface area (Å²) in [6, 6.07) is 0. The van der Waals surface area contributed by atoms with E-state index in [-0.39, 0.29) is 25.0 Å². The van der Waals surface area contributed by atoms with Gasteiger partial charge in [0.05, 0.1) is 0 Å². The van der Waals surface area contributed by atoms with E-state index >= 15 is 0 Å². The smallest absolute Gasteiger partial charge is 0.116 e. The Kier molecular flexibility index (Phi) is 9.16. The van der Waals surface area contributed by atoms with Crippen LogP contribution < -0.4 is 0 Å². The molecule has 0 aliphatic heterocycles. The molecule has 0 radical (unpaired) electrons. The summed E-state index contributed by atoms with van der Waals surface area (Å²) in [4.78, 5) is 0. The van der Waals surface area contributed by atoms with Crippen molar-refractivity contribution in [3.05, 3.63) is 0 Å². The number of rotatable bonds is 8. The van der Waals surface area contributed by atoms with Gasteiger partial charge in [-0.25, -0.2) is 0 Å². The summed E-state index contributed by atoms with van der Waals surface area (Å²) in [5.74, 6) is 4.38. The zero-order valence-corrected chi connectivity index (χ0v) is 11.0. The zero-order chi connectivity index (χ0) is 12.4. The second-order valence-electron chi connectivity index (χ2n) is 2.43. The van der Waals surface area contributed by atoms with Gasteiger partial charge >= 0.3 is 23.9 Å². The van der Waals surface area contributed by atoms with Crippen LogP contribution >= 0.6 is 23.9 Å². The topological polar surface area (TPSA) is 69.7 Å².